The van der Waals surface area contributed by atoms with E-state index in [4.69, 9.17) is 5.73 Å². The first-order valence-electron chi connectivity index (χ1n) is 7.66. The summed E-state index contributed by atoms with van der Waals surface area (Å²) in [5.41, 5.74) is 7.94. The van der Waals surface area contributed by atoms with Crippen molar-refractivity contribution in [1.82, 2.24) is 14.5 Å². The Kier molecular flexibility index (Phi) is 5.10. The number of anilines is 1. The van der Waals surface area contributed by atoms with Crippen LogP contribution in [0.3, 0.4) is 0 Å². The molecule has 0 aliphatic carbocycles. The summed E-state index contributed by atoms with van der Waals surface area (Å²) in [6.45, 7) is 4.72. The Morgan fingerprint density at radius 2 is 2.20 bits per heavy atom. The predicted molar refractivity (Wildman–Crippen MR) is 102 cm³/mol. The third kappa shape index (κ3) is 4.02. The van der Waals surface area contributed by atoms with Crippen LogP contribution in [0.25, 0.3) is 0 Å². The molecule has 25 heavy (non-hydrogen) atoms. The fraction of sp³-hybridized carbons (Fsp3) is 0.235. The maximum atomic E-state index is 12.6. The maximum Gasteiger partial charge on any atom is 0.253 e. The summed E-state index contributed by atoms with van der Waals surface area (Å²) in [4.78, 5) is 31.8. The predicted octanol–water partition coefficient (Wildman–Crippen LogP) is 2.86. The molecule has 0 fully saturated rings. The van der Waals surface area contributed by atoms with Crippen LogP contribution in [-0.4, -0.2) is 26.1 Å². The van der Waals surface area contributed by atoms with E-state index in [2.05, 4.69) is 20.6 Å². The number of aromatic amines is 1. The molecule has 0 radical (unpaired) electrons. The van der Waals surface area contributed by atoms with Crippen molar-refractivity contribution in [2.75, 3.05) is 11.5 Å². The third-order valence-corrected chi connectivity index (χ3v) is 5.58. The average Bonchev–Trinajstić information content (AvgIpc) is 3.15. The number of nitrogen functional groups attached to an aromatic ring is 1. The molecule has 8 heteroatoms. The molecule has 3 rings (SSSR count). The number of nitrogens with two attached hydrogens (primary N) is 1. The quantitative estimate of drug-likeness (QED) is 0.393. The van der Waals surface area contributed by atoms with Crippen molar-refractivity contribution in [2.24, 2.45) is 0 Å². The molecule has 0 aliphatic heterocycles. The summed E-state index contributed by atoms with van der Waals surface area (Å²) in [5.74, 6) is 0.337. The van der Waals surface area contributed by atoms with Crippen LogP contribution in [0.15, 0.2) is 39.6 Å². The van der Waals surface area contributed by atoms with Crippen LogP contribution in [0.2, 0.25) is 0 Å². The molecular weight excluding hydrogens is 356 g/mol. The zero-order valence-corrected chi connectivity index (χ0v) is 15.5. The van der Waals surface area contributed by atoms with E-state index in [9.17, 15) is 9.59 Å². The van der Waals surface area contributed by atoms with Crippen molar-refractivity contribution in [3.8, 4) is 0 Å². The molecule has 3 aromatic heterocycles. The third-order valence-electron chi connectivity index (χ3n) is 3.85. The van der Waals surface area contributed by atoms with Gasteiger partial charge in [0.05, 0.1) is 12.3 Å². The minimum Gasteiger partial charge on any atom is -0.383 e. The van der Waals surface area contributed by atoms with Gasteiger partial charge in [-0.2, -0.15) is 0 Å². The fourth-order valence-electron chi connectivity index (χ4n) is 2.62. The van der Waals surface area contributed by atoms with Crippen LogP contribution in [0.4, 0.5) is 5.82 Å². The van der Waals surface area contributed by atoms with Crippen molar-refractivity contribution in [3.63, 3.8) is 0 Å². The number of thioether (sulfide) groups is 1. The smallest absolute Gasteiger partial charge is 0.253 e. The lowest BCUT2D eigenvalue weighted by molar-refractivity contribution is 0.102. The minimum atomic E-state index is -0.323. The first kappa shape index (κ1) is 17.5. The summed E-state index contributed by atoms with van der Waals surface area (Å²) in [7, 11) is 0. The number of rotatable bonds is 6. The SMILES string of the molecule is Cc1cc(C(=O)CSc2nc(N)cc(=O)[nH]2)c(C)n1Cc1cccs1. The molecule has 0 unspecified atom stereocenters. The zero-order valence-electron chi connectivity index (χ0n) is 13.9. The van der Waals surface area contributed by atoms with Crippen molar-refractivity contribution < 1.29 is 4.79 Å². The van der Waals surface area contributed by atoms with Gasteiger partial charge >= 0.3 is 0 Å². The molecule has 0 bridgehead atoms. The molecule has 0 spiro atoms. The van der Waals surface area contributed by atoms with E-state index < -0.39 is 0 Å². The number of Topliss-reactive ketones (excluding diaryl/α,β-unsaturated/α-hetero) is 1. The topological polar surface area (TPSA) is 93.8 Å². The van der Waals surface area contributed by atoms with Gasteiger partial charge in [0.15, 0.2) is 10.9 Å². The van der Waals surface area contributed by atoms with Crippen molar-refractivity contribution in [2.45, 2.75) is 25.5 Å². The van der Waals surface area contributed by atoms with Gasteiger partial charge in [0, 0.05) is 27.9 Å². The first-order valence-corrected chi connectivity index (χ1v) is 9.52. The Bertz CT molecular complexity index is 958. The number of nitrogens with one attached hydrogen (secondary N) is 1. The lowest BCUT2D eigenvalue weighted by atomic mass is 10.2. The largest absolute Gasteiger partial charge is 0.383 e. The van der Waals surface area contributed by atoms with E-state index in [1.165, 1.54) is 22.7 Å². The molecule has 130 valence electrons. The summed E-state index contributed by atoms with van der Waals surface area (Å²) < 4.78 is 2.14. The number of thiophene rings is 1. The zero-order chi connectivity index (χ0) is 18.0. The van der Waals surface area contributed by atoms with E-state index in [0.717, 1.165) is 17.9 Å². The van der Waals surface area contributed by atoms with Crippen LogP contribution in [0.5, 0.6) is 0 Å². The number of carbonyl (C=O) groups is 1. The highest BCUT2D eigenvalue weighted by atomic mass is 32.2. The van der Waals surface area contributed by atoms with Gasteiger partial charge in [-0.15, -0.1) is 11.3 Å². The summed E-state index contributed by atoms with van der Waals surface area (Å²) in [5, 5.41) is 2.40. The molecule has 3 aromatic rings. The second-order valence-corrected chi connectivity index (χ2v) is 7.63. The van der Waals surface area contributed by atoms with Gasteiger partial charge in [-0.25, -0.2) is 4.98 Å². The van der Waals surface area contributed by atoms with Gasteiger partial charge in [-0.3, -0.25) is 9.59 Å². The van der Waals surface area contributed by atoms with Crippen molar-refractivity contribution >= 4 is 34.7 Å². The Labute approximate surface area is 153 Å². The molecule has 0 atom stereocenters. The highest BCUT2D eigenvalue weighted by Gasteiger charge is 2.17. The minimum absolute atomic E-state index is 0.000558. The van der Waals surface area contributed by atoms with E-state index >= 15 is 0 Å². The van der Waals surface area contributed by atoms with E-state index in [1.54, 1.807) is 11.3 Å². The first-order chi connectivity index (χ1) is 11.9. The second-order valence-electron chi connectivity index (χ2n) is 5.64. The molecule has 6 nitrogen and oxygen atoms in total. The Balaban J connectivity index is 1.75. The lowest BCUT2D eigenvalue weighted by Crippen LogP contribution is -2.11. The van der Waals surface area contributed by atoms with Gasteiger partial charge in [-0.05, 0) is 31.4 Å². The van der Waals surface area contributed by atoms with Crippen LogP contribution < -0.4 is 11.3 Å². The summed E-state index contributed by atoms with van der Waals surface area (Å²) >= 11 is 2.88. The maximum absolute atomic E-state index is 12.6. The fourth-order valence-corrected chi connectivity index (χ4v) is 4.08. The molecule has 0 saturated carbocycles. The normalized spacial score (nSPS) is 11.0. The number of carbonyl (C=O) groups excluding carboxylic acids is 1. The van der Waals surface area contributed by atoms with Gasteiger partial charge in [0.1, 0.15) is 5.82 Å². The molecule has 0 aliphatic rings. The van der Waals surface area contributed by atoms with E-state index in [0.29, 0.717) is 10.7 Å². The molecular formula is C17H18N4O2S2. The van der Waals surface area contributed by atoms with Crippen molar-refractivity contribution in [1.29, 1.82) is 0 Å². The van der Waals surface area contributed by atoms with Crippen LogP contribution in [0.1, 0.15) is 26.6 Å². The Hall–Kier alpha value is -2.32. The number of hydrogen-bond donors (Lipinski definition) is 2. The van der Waals surface area contributed by atoms with Gasteiger partial charge < -0.3 is 15.3 Å². The number of hydrogen-bond acceptors (Lipinski definition) is 6. The molecule has 0 saturated heterocycles. The summed E-state index contributed by atoms with van der Waals surface area (Å²) in [6, 6.07) is 7.24. The Morgan fingerprint density at radius 3 is 2.88 bits per heavy atom. The highest BCUT2D eigenvalue weighted by Crippen LogP contribution is 2.22. The van der Waals surface area contributed by atoms with E-state index in [1.807, 2.05) is 31.4 Å². The average molecular weight is 374 g/mol. The van der Waals surface area contributed by atoms with Gasteiger partial charge in [0.25, 0.3) is 5.56 Å². The number of nitrogens with zero attached hydrogens (tertiary/aromatic N) is 2. The van der Waals surface area contributed by atoms with E-state index in [-0.39, 0.29) is 22.9 Å². The van der Waals surface area contributed by atoms with Crippen LogP contribution in [-0.2, 0) is 6.54 Å². The van der Waals surface area contributed by atoms with Crippen LogP contribution >= 0.6 is 23.1 Å². The number of aromatic nitrogens is 3. The van der Waals surface area contributed by atoms with Crippen LogP contribution in [0, 0.1) is 13.8 Å². The lowest BCUT2D eigenvalue weighted by Gasteiger charge is -2.08. The standard InChI is InChI=1S/C17H18N4O2S2/c1-10-6-13(11(2)21(10)8-12-4-3-5-24-12)14(22)9-25-17-19-15(18)7-16(23)20-17/h3-7H,8-9H2,1-2H3,(H3,18,19,20,23). The van der Waals surface area contributed by atoms with Crippen molar-refractivity contribution in [3.05, 3.63) is 61.8 Å². The molecule has 3 heterocycles. The van der Waals surface area contributed by atoms with Gasteiger partial charge in [0.2, 0.25) is 0 Å². The second kappa shape index (κ2) is 7.28. The monoisotopic (exact) mass is 374 g/mol. The molecule has 0 amide bonds. The highest BCUT2D eigenvalue weighted by molar-refractivity contribution is 7.99. The summed E-state index contributed by atoms with van der Waals surface area (Å²) in [6.07, 6.45) is 0. The Morgan fingerprint density at radius 1 is 1.40 bits per heavy atom. The van der Waals surface area contributed by atoms with Gasteiger partial charge in [-0.1, -0.05) is 17.8 Å². The molecule has 3 N–H and O–H groups in total. The number of ketones is 1. The number of H-pyrrole nitrogens is 1. The number of aryl methyl sites for hydroxylation is 1. The molecule has 0 aromatic carbocycles.